The molecule has 2 heteroatoms. The fraction of sp³-hybridized carbons (Fsp3) is 1.00. The van der Waals surface area contributed by atoms with Gasteiger partial charge in [0.05, 0.1) is 0 Å². The van der Waals surface area contributed by atoms with E-state index in [0.717, 1.165) is 18.0 Å². The van der Waals surface area contributed by atoms with Gasteiger partial charge in [-0.1, -0.05) is 19.8 Å². The zero-order chi connectivity index (χ0) is 10.7. The minimum Gasteiger partial charge on any atom is -0.314 e. The number of hydrogen-bond donors (Lipinski definition) is 1. The van der Waals surface area contributed by atoms with E-state index in [1.165, 1.54) is 51.6 Å². The molecule has 88 valence electrons. The third kappa shape index (κ3) is 2.94. The first-order valence-electron chi connectivity index (χ1n) is 6.71. The Morgan fingerprint density at radius 3 is 2.53 bits per heavy atom. The van der Waals surface area contributed by atoms with E-state index in [4.69, 9.17) is 0 Å². The van der Waals surface area contributed by atoms with Gasteiger partial charge in [-0.3, -0.25) is 0 Å². The Hall–Kier alpha value is -0.0800. The summed E-state index contributed by atoms with van der Waals surface area (Å²) in [5, 5.41) is 3.63. The fourth-order valence-electron chi connectivity index (χ4n) is 3.16. The van der Waals surface area contributed by atoms with E-state index >= 15 is 0 Å². The first-order valence-corrected chi connectivity index (χ1v) is 6.71. The van der Waals surface area contributed by atoms with Crippen molar-refractivity contribution >= 4 is 0 Å². The van der Waals surface area contributed by atoms with Gasteiger partial charge >= 0.3 is 0 Å². The molecule has 0 radical (unpaired) electrons. The van der Waals surface area contributed by atoms with Crippen LogP contribution in [0.4, 0.5) is 0 Å². The summed E-state index contributed by atoms with van der Waals surface area (Å²) in [6, 6.07) is 1.68. The normalized spacial score (nSPS) is 33.0. The second-order valence-electron chi connectivity index (χ2n) is 5.53. The van der Waals surface area contributed by atoms with Gasteiger partial charge < -0.3 is 10.2 Å². The zero-order valence-electron chi connectivity index (χ0n) is 10.3. The number of nitrogens with zero attached hydrogens (tertiary/aromatic N) is 1. The lowest BCUT2D eigenvalue weighted by Gasteiger charge is -2.26. The van der Waals surface area contributed by atoms with Crippen LogP contribution in [-0.2, 0) is 0 Å². The highest BCUT2D eigenvalue weighted by Gasteiger charge is 2.24. The van der Waals surface area contributed by atoms with Gasteiger partial charge in [-0.05, 0) is 51.7 Å². The molecule has 1 saturated heterocycles. The third-order valence-electron chi connectivity index (χ3n) is 4.43. The van der Waals surface area contributed by atoms with Gasteiger partial charge in [-0.15, -0.1) is 0 Å². The van der Waals surface area contributed by atoms with E-state index in [1.807, 2.05) is 0 Å². The Morgan fingerprint density at radius 2 is 1.93 bits per heavy atom. The van der Waals surface area contributed by atoms with Gasteiger partial charge in [-0.2, -0.15) is 0 Å². The SMILES string of the molecule is CC1CCNC1CCN(C)C1CCCC1. The van der Waals surface area contributed by atoms with Crippen LogP contribution in [0, 0.1) is 5.92 Å². The van der Waals surface area contributed by atoms with Gasteiger partial charge in [0, 0.05) is 12.1 Å². The van der Waals surface area contributed by atoms with Crippen molar-refractivity contribution in [2.24, 2.45) is 5.92 Å². The lowest BCUT2D eigenvalue weighted by molar-refractivity contribution is 0.228. The smallest absolute Gasteiger partial charge is 0.0105 e. The lowest BCUT2D eigenvalue weighted by Crippen LogP contribution is -2.35. The van der Waals surface area contributed by atoms with Crippen molar-refractivity contribution in [2.75, 3.05) is 20.1 Å². The Morgan fingerprint density at radius 1 is 1.20 bits per heavy atom. The quantitative estimate of drug-likeness (QED) is 0.765. The Bertz CT molecular complexity index is 187. The minimum absolute atomic E-state index is 0.786. The molecule has 0 aromatic heterocycles. The largest absolute Gasteiger partial charge is 0.314 e. The summed E-state index contributed by atoms with van der Waals surface area (Å²) >= 11 is 0. The molecule has 0 aromatic rings. The standard InChI is InChI=1S/C13H26N2/c1-11-7-9-14-13(11)8-10-15(2)12-5-3-4-6-12/h11-14H,3-10H2,1-2H3. The van der Waals surface area contributed by atoms with Gasteiger partial charge in [-0.25, -0.2) is 0 Å². The van der Waals surface area contributed by atoms with Crippen LogP contribution in [0.5, 0.6) is 0 Å². The summed E-state index contributed by atoms with van der Waals surface area (Å²) < 4.78 is 0. The second-order valence-corrected chi connectivity index (χ2v) is 5.53. The van der Waals surface area contributed by atoms with Crippen molar-refractivity contribution in [3.8, 4) is 0 Å². The van der Waals surface area contributed by atoms with Crippen LogP contribution in [-0.4, -0.2) is 37.1 Å². The molecule has 2 aliphatic rings. The highest BCUT2D eigenvalue weighted by molar-refractivity contribution is 4.83. The van der Waals surface area contributed by atoms with Crippen LogP contribution < -0.4 is 5.32 Å². The first-order chi connectivity index (χ1) is 7.27. The molecule has 1 saturated carbocycles. The maximum atomic E-state index is 3.63. The molecule has 0 amide bonds. The highest BCUT2D eigenvalue weighted by atomic mass is 15.1. The molecule has 2 rings (SSSR count). The molecule has 2 unspecified atom stereocenters. The topological polar surface area (TPSA) is 15.3 Å². The van der Waals surface area contributed by atoms with Crippen molar-refractivity contribution in [1.82, 2.24) is 10.2 Å². The molecular weight excluding hydrogens is 184 g/mol. The van der Waals surface area contributed by atoms with Gasteiger partial charge in [0.15, 0.2) is 0 Å². The van der Waals surface area contributed by atoms with Gasteiger partial charge in [0.25, 0.3) is 0 Å². The summed E-state index contributed by atoms with van der Waals surface area (Å²) in [6.07, 6.45) is 8.49. The van der Waals surface area contributed by atoms with Crippen LogP contribution in [0.2, 0.25) is 0 Å². The van der Waals surface area contributed by atoms with E-state index in [-0.39, 0.29) is 0 Å². The second kappa shape index (κ2) is 5.31. The zero-order valence-corrected chi connectivity index (χ0v) is 10.3. The Kier molecular flexibility index (Phi) is 4.04. The van der Waals surface area contributed by atoms with Gasteiger partial charge in [0.2, 0.25) is 0 Å². The van der Waals surface area contributed by atoms with Crippen molar-refractivity contribution in [2.45, 2.75) is 57.5 Å². The number of hydrogen-bond acceptors (Lipinski definition) is 2. The minimum atomic E-state index is 0.786. The fourth-order valence-corrected chi connectivity index (χ4v) is 3.16. The predicted molar refractivity (Wildman–Crippen MR) is 65.1 cm³/mol. The maximum absolute atomic E-state index is 3.63. The van der Waals surface area contributed by atoms with E-state index < -0.39 is 0 Å². The van der Waals surface area contributed by atoms with Crippen molar-refractivity contribution in [3.63, 3.8) is 0 Å². The van der Waals surface area contributed by atoms with Crippen molar-refractivity contribution in [1.29, 1.82) is 0 Å². The molecule has 15 heavy (non-hydrogen) atoms. The first kappa shape index (κ1) is 11.4. The molecule has 0 spiro atoms. The summed E-state index contributed by atoms with van der Waals surface area (Å²) in [6.45, 7) is 4.91. The summed E-state index contributed by atoms with van der Waals surface area (Å²) in [7, 11) is 2.32. The average molecular weight is 210 g/mol. The molecule has 1 N–H and O–H groups in total. The Labute approximate surface area is 94.4 Å². The van der Waals surface area contributed by atoms with E-state index in [9.17, 15) is 0 Å². The van der Waals surface area contributed by atoms with Gasteiger partial charge in [0.1, 0.15) is 0 Å². The van der Waals surface area contributed by atoms with E-state index in [1.54, 1.807) is 0 Å². The molecule has 0 bridgehead atoms. The van der Waals surface area contributed by atoms with Crippen LogP contribution >= 0.6 is 0 Å². The molecule has 2 atom stereocenters. The van der Waals surface area contributed by atoms with E-state index in [0.29, 0.717) is 0 Å². The predicted octanol–water partition coefficient (Wildman–Crippen LogP) is 2.25. The molecular formula is C13H26N2. The highest BCUT2D eigenvalue weighted by Crippen LogP contribution is 2.23. The third-order valence-corrected chi connectivity index (χ3v) is 4.43. The summed E-state index contributed by atoms with van der Waals surface area (Å²) in [5.41, 5.74) is 0. The number of nitrogens with one attached hydrogen (secondary N) is 1. The molecule has 2 nitrogen and oxygen atoms in total. The van der Waals surface area contributed by atoms with E-state index in [2.05, 4.69) is 24.2 Å². The van der Waals surface area contributed by atoms with Crippen LogP contribution in [0.15, 0.2) is 0 Å². The lowest BCUT2D eigenvalue weighted by atomic mass is 10.00. The van der Waals surface area contributed by atoms with Crippen LogP contribution in [0.3, 0.4) is 0 Å². The number of rotatable bonds is 4. The van der Waals surface area contributed by atoms with Crippen molar-refractivity contribution in [3.05, 3.63) is 0 Å². The molecule has 1 heterocycles. The summed E-state index contributed by atoms with van der Waals surface area (Å²) in [5.74, 6) is 0.891. The molecule has 2 fully saturated rings. The molecule has 1 aliphatic heterocycles. The monoisotopic (exact) mass is 210 g/mol. The van der Waals surface area contributed by atoms with Crippen LogP contribution in [0.25, 0.3) is 0 Å². The Balaban J connectivity index is 1.67. The summed E-state index contributed by atoms with van der Waals surface area (Å²) in [4.78, 5) is 2.60. The van der Waals surface area contributed by atoms with Crippen molar-refractivity contribution < 1.29 is 0 Å². The maximum Gasteiger partial charge on any atom is 0.0105 e. The molecule has 1 aliphatic carbocycles. The van der Waals surface area contributed by atoms with Crippen LogP contribution in [0.1, 0.15) is 45.4 Å². The average Bonchev–Trinajstić information content (AvgIpc) is 2.85. The molecule has 0 aromatic carbocycles.